The van der Waals surface area contributed by atoms with E-state index in [9.17, 15) is 9.90 Å². The van der Waals surface area contributed by atoms with Crippen LogP contribution in [0.1, 0.15) is 10.4 Å². The van der Waals surface area contributed by atoms with Crippen molar-refractivity contribution in [2.45, 2.75) is 0 Å². The zero-order chi connectivity index (χ0) is 14.7. The Morgan fingerprint density at radius 2 is 2.00 bits per heavy atom. The number of phenols is 1. The van der Waals surface area contributed by atoms with Crippen molar-refractivity contribution >= 4 is 22.4 Å². The number of aliphatic hydroxyl groups is 1. The molecule has 0 aliphatic rings. The molecule has 0 amide bonds. The number of esters is 1. The van der Waals surface area contributed by atoms with Gasteiger partial charge in [-0.3, -0.25) is 0 Å². The first-order chi connectivity index (χ1) is 9.52. The van der Waals surface area contributed by atoms with Crippen molar-refractivity contribution in [3.63, 3.8) is 0 Å². The molecule has 0 unspecified atom stereocenters. The van der Waals surface area contributed by atoms with Crippen molar-refractivity contribution in [2.24, 2.45) is 0 Å². The van der Waals surface area contributed by atoms with Crippen molar-refractivity contribution < 1.29 is 19.7 Å². The van der Waals surface area contributed by atoms with Gasteiger partial charge in [-0.25, -0.2) is 4.79 Å². The van der Waals surface area contributed by atoms with Gasteiger partial charge in [-0.1, -0.05) is 6.07 Å². The second kappa shape index (κ2) is 5.79. The van der Waals surface area contributed by atoms with Crippen molar-refractivity contribution in [3.8, 4) is 5.75 Å². The number of aliphatic hydroxyl groups excluding tert-OH is 1. The zero-order valence-electron chi connectivity index (χ0n) is 11.5. The normalized spacial score (nSPS) is 10.6. The zero-order valence-corrected chi connectivity index (χ0v) is 11.5. The maximum Gasteiger partial charge on any atom is 0.338 e. The monoisotopic (exact) mass is 275 g/mol. The summed E-state index contributed by atoms with van der Waals surface area (Å²) in [7, 11) is 3.83. The molecule has 0 radical (unpaired) electrons. The molecule has 2 rings (SSSR count). The molecule has 0 heterocycles. The highest BCUT2D eigenvalue weighted by Crippen LogP contribution is 2.30. The lowest BCUT2D eigenvalue weighted by molar-refractivity contribution is 0.0433. The largest absolute Gasteiger partial charge is 0.507 e. The highest BCUT2D eigenvalue weighted by atomic mass is 16.5. The first kappa shape index (κ1) is 14.1. The number of carbonyl (C=O) groups excluding carboxylic acids is 1. The van der Waals surface area contributed by atoms with E-state index in [1.807, 2.05) is 37.2 Å². The number of anilines is 1. The summed E-state index contributed by atoms with van der Waals surface area (Å²) < 4.78 is 4.83. The Labute approximate surface area is 117 Å². The van der Waals surface area contributed by atoms with E-state index in [0.29, 0.717) is 5.39 Å². The van der Waals surface area contributed by atoms with Gasteiger partial charge in [0.2, 0.25) is 0 Å². The SMILES string of the molecule is CN(C)c1ccc2cc(C(=O)OCCO)cc(O)c2c1. The van der Waals surface area contributed by atoms with Crippen molar-refractivity contribution in [2.75, 3.05) is 32.2 Å². The molecule has 0 saturated carbocycles. The molecule has 2 N–H and O–H groups in total. The topological polar surface area (TPSA) is 70.0 Å². The Kier molecular flexibility index (Phi) is 4.10. The maximum atomic E-state index is 11.7. The molecule has 20 heavy (non-hydrogen) atoms. The fraction of sp³-hybridized carbons (Fsp3) is 0.267. The predicted molar refractivity (Wildman–Crippen MR) is 77.3 cm³/mol. The van der Waals surface area contributed by atoms with Gasteiger partial charge in [0, 0.05) is 25.2 Å². The Hall–Kier alpha value is -2.27. The van der Waals surface area contributed by atoms with Crippen molar-refractivity contribution in [1.82, 2.24) is 0 Å². The number of hydrogen-bond donors (Lipinski definition) is 2. The van der Waals surface area contributed by atoms with Gasteiger partial charge in [0.1, 0.15) is 12.4 Å². The molecule has 0 bridgehead atoms. The van der Waals surface area contributed by atoms with Crippen LogP contribution in [-0.2, 0) is 4.74 Å². The number of benzene rings is 2. The molecule has 0 aromatic heterocycles. The van der Waals surface area contributed by atoms with E-state index >= 15 is 0 Å². The Morgan fingerprint density at radius 1 is 1.25 bits per heavy atom. The molecule has 0 saturated heterocycles. The highest BCUT2D eigenvalue weighted by molar-refractivity contribution is 5.99. The minimum atomic E-state index is -0.562. The van der Waals surface area contributed by atoms with E-state index in [-0.39, 0.29) is 24.5 Å². The van der Waals surface area contributed by atoms with Crippen LogP contribution >= 0.6 is 0 Å². The van der Waals surface area contributed by atoms with E-state index in [4.69, 9.17) is 9.84 Å². The van der Waals surface area contributed by atoms with Gasteiger partial charge in [-0.2, -0.15) is 0 Å². The van der Waals surface area contributed by atoms with Gasteiger partial charge in [0.05, 0.1) is 12.2 Å². The number of rotatable bonds is 4. The summed E-state index contributed by atoms with van der Waals surface area (Å²) in [5.74, 6) is -0.532. The molecule has 0 spiro atoms. The van der Waals surface area contributed by atoms with Crippen LogP contribution in [0.2, 0.25) is 0 Å². The first-order valence-electron chi connectivity index (χ1n) is 6.25. The van der Waals surface area contributed by atoms with Gasteiger partial charge < -0.3 is 19.8 Å². The predicted octanol–water partition coefficient (Wildman–Crippen LogP) is 1.76. The second-order valence-electron chi connectivity index (χ2n) is 4.65. The number of carbonyl (C=O) groups is 1. The fourth-order valence-corrected chi connectivity index (χ4v) is 1.94. The van der Waals surface area contributed by atoms with Gasteiger partial charge in [0.25, 0.3) is 0 Å². The van der Waals surface area contributed by atoms with E-state index in [1.54, 1.807) is 6.07 Å². The Bertz CT molecular complexity index is 637. The molecular weight excluding hydrogens is 258 g/mol. The fourth-order valence-electron chi connectivity index (χ4n) is 1.94. The van der Waals surface area contributed by atoms with Crippen molar-refractivity contribution in [1.29, 1.82) is 0 Å². The van der Waals surface area contributed by atoms with E-state index in [2.05, 4.69) is 0 Å². The number of nitrogens with zero attached hydrogens (tertiary/aromatic N) is 1. The highest BCUT2D eigenvalue weighted by Gasteiger charge is 2.11. The van der Waals surface area contributed by atoms with Crippen molar-refractivity contribution in [3.05, 3.63) is 35.9 Å². The third-order valence-corrected chi connectivity index (χ3v) is 2.99. The lowest BCUT2D eigenvalue weighted by Gasteiger charge is -2.14. The second-order valence-corrected chi connectivity index (χ2v) is 4.65. The number of phenolic OH excluding ortho intramolecular Hbond substituents is 1. The minimum absolute atomic E-state index is 0.0298. The molecule has 5 heteroatoms. The van der Waals surface area contributed by atoms with Crippen LogP contribution in [0.3, 0.4) is 0 Å². The molecule has 0 aliphatic carbocycles. The summed E-state index contributed by atoms with van der Waals surface area (Å²) >= 11 is 0. The molecule has 0 atom stereocenters. The standard InChI is InChI=1S/C15H17NO4/c1-16(2)12-4-3-10-7-11(15(19)20-6-5-17)8-14(18)13(10)9-12/h3-4,7-9,17-18H,5-6H2,1-2H3. The average Bonchev–Trinajstić information content (AvgIpc) is 2.44. The quantitative estimate of drug-likeness (QED) is 0.832. The average molecular weight is 275 g/mol. The Morgan fingerprint density at radius 3 is 2.65 bits per heavy atom. The molecule has 106 valence electrons. The third kappa shape index (κ3) is 2.83. The molecule has 5 nitrogen and oxygen atoms in total. The summed E-state index contributed by atoms with van der Waals surface area (Å²) in [5.41, 5.74) is 1.23. The smallest absolute Gasteiger partial charge is 0.338 e. The summed E-state index contributed by atoms with van der Waals surface area (Å²) in [6, 6.07) is 8.64. The van der Waals surface area contributed by atoms with E-state index < -0.39 is 5.97 Å². The summed E-state index contributed by atoms with van der Waals surface area (Å²) in [4.78, 5) is 13.7. The molecule has 0 aliphatic heterocycles. The van der Waals surface area contributed by atoms with Crippen LogP contribution in [0.5, 0.6) is 5.75 Å². The van der Waals surface area contributed by atoms with Crippen LogP contribution in [-0.4, -0.2) is 43.5 Å². The molecular formula is C15H17NO4. The van der Waals surface area contributed by atoms with Crippen LogP contribution in [0.25, 0.3) is 10.8 Å². The Balaban J connectivity index is 2.43. The third-order valence-electron chi connectivity index (χ3n) is 2.99. The van der Waals surface area contributed by atoms with Gasteiger partial charge in [0.15, 0.2) is 0 Å². The van der Waals surface area contributed by atoms with Gasteiger partial charge in [-0.15, -0.1) is 0 Å². The lowest BCUT2D eigenvalue weighted by Crippen LogP contribution is -2.09. The van der Waals surface area contributed by atoms with Crippen LogP contribution in [0, 0.1) is 0 Å². The first-order valence-corrected chi connectivity index (χ1v) is 6.25. The number of fused-ring (bicyclic) bond motifs is 1. The summed E-state index contributed by atoms with van der Waals surface area (Å²) in [6.07, 6.45) is 0. The van der Waals surface area contributed by atoms with E-state index in [1.165, 1.54) is 6.07 Å². The van der Waals surface area contributed by atoms with Gasteiger partial charge in [-0.05, 0) is 29.7 Å². The molecule has 2 aromatic carbocycles. The van der Waals surface area contributed by atoms with Crippen LogP contribution in [0.15, 0.2) is 30.3 Å². The minimum Gasteiger partial charge on any atom is -0.507 e. The van der Waals surface area contributed by atoms with Gasteiger partial charge >= 0.3 is 5.97 Å². The van der Waals surface area contributed by atoms with Crippen LogP contribution in [0.4, 0.5) is 5.69 Å². The summed E-state index contributed by atoms with van der Waals surface area (Å²) in [6.45, 7) is -0.283. The molecule has 0 fully saturated rings. The van der Waals surface area contributed by atoms with Crippen LogP contribution < -0.4 is 4.90 Å². The number of aromatic hydroxyl groups is 1. The molecule has 2 aromatic rings. The van der Waals surface area contributed by atoms with E-state index in [0.717, 1.165) is 11.1 Å². The maximum absolute atomic E-state index is 11.7. The summed E-state index contributed by atoms with van der Waals surface area (Å²) in [5, 5.41) is 20.1. The lowest BCUT2D eigenvalue weighted by atomic mass is 10.0. The number of ether oxygens (including phenoxy) is 1. The number of hydrogen-bond acceptors (Lipinski definition) is 5.